The number of halogens is 1. The van der Waals surface area contributed by atoms with Crippen molar-refractivity contribution in [2.24, 2.45) is 5.41 Å². The van der Waals surface area contributed by atoms with Crippen LogP contribution in [-0.2, 0) is 19.5 Å². The van der Waals surface area contributed by atoms with Crippen LogP contribution in [0.2, 0.25) is 0 Å². The molecule has 3 rings (SSSR count). The molecule has 1 aliphatic rings. The minimum absolute atomic E-state index is 0. The second kappa shape index (κ2) is 6.11. The van der Waals surface area contributed by atoms with Gasteiger partial charge in [-0.2, -0.15) is 0 Å². The predicted molar refractivity (Wildman–Crippen MR) is 93.2 cm³/mol. The highest BCUT2D eigenvalue weighted by molar-refractivity contribution is 5.85. The molecule has 112 valence electrons. The zero-order valence-corrected chi connectivity index (χ0v) is 13.9. The summed E-state index contributed by atoms with van der Waals surface area (Å²) in [7, 11) is 0. The number of fused-ring (bicyclic) bond motifs is 1. The summed E-state index contributed by atoms with van der Waals surface area (Å²) in [6.07, 6.45) is 1.13. The summed E-state index contributed by atoms with van der Waals surface area (Å²) in [6.45, 7) is 8.94. The number of hydrogen-bond acceptors (Lipinski definition) is 1. The summed E-state index contributed by atoms with van der Waals surface area (Å²) in [4.78, 5) is 2.45. The van der Waals surface area contributed by atoms with Crippen LogP contribution >= 0.6 is 12.4 Å². The van der Waals surface area contributed by atoms with Crippen LogP contribution in [0.5, 0.6) is 0 Å². The van der Waals surface area contributed by atoms with Gasteiger partial charge in [0.25, 0.3) is 0 Å². The average molecular weight is 302 g/mol. The lowest BCUT2D eigenvalue weighted by Gasteiger charge is -2.20. The van der Waals surface area contributed by atoms with Crippen molar-refractivity contribution in [3.8, 4) is 0 Å². The topological polar surface area (TPSA) is 3.24 Å². The number of nitrogens with zero attached hydrogens (tertiary/aromatic N) is 1. The standard InChI is InChI=1S/C19H23N.ClH/c1-19(2,3)12-15-8-10-18(11-9-15)20-13-16-6-4-5-7-17(16)14-20;/h4-11H,12-14H2,1-3H3;1H. The Morgan fingerprint density at radius 2 is 1.38 bits per heavy atom. The smallest absolute Gasteiger partial charge is 0.0436 e. The molecular formula is C19H24ClN. The maximum Gasteiger partial charge on any atom is 0.0436 e. The molecule has 0 amide bonds. The SMILES string of the molecule is CC(C)(C)Cc1ccc(N2Cc3ccccc3C2)cc1.Cl. The zero-order chi connectivity index (χ0) is 14.2. The summed E-state index contributed by atoms with van der Waals surface area (Å²) in [5.74, 6) is 0. The van der Waals surface area contributed by atoms with Crippen LogP contribution in [0, 0.1) is 5.41 Å². The lowest BCUT2D eigenvalue weighted by atomic mass is 9.88. The van der Waals surface area contributed by atoms with E-state index in [0.29, 0.717) is 5.41 Å². The Morgan fingerprint density at radius 3 is 1.86 bits per heavy atom. The van der Waals surface area contributed by atoms with Gasteiger partial charge in [-0.25, -0.2) is 0 Å². The molecule has 0 unspecified atom stereocenters. The van der Waals surface area contributed by atoms with E-state index in [0.717, 1.165) is 19.5 Å². The number of anilines is 1. The normalized spacial score (nSPS) is 13.8. The van der Waals surface area contributed by atoms with Crippen molar-refractivity contribution in [1.29, 1.82) is 0 Å². The zero-order valence-electron chi connectivity index (χ0n) is 13.1. The second-order valence-corrected chi connectivity index (χ2v) is 7.03. The lowest BCUT2D eigenvalue weighted by molar-refractivity contribution is 0.411. The van der Waals surface area contributed by atoms with Crippen molar-refractivity contribution in [3.63, 3.8) is 0 Å². The van der Waals surface area contributed by atoms with Gasteiger partial charge in [0.2, 0.25) is 0 Å². The van der Waals surface area contributed by atoms with Crippen LogP contribution in [0.3, 0.4) is 0 Å². The van der Waals surface area contributed by atoms with Crippen LogP contribution in [-0.4, -0.2) is 0 Å². The van der Waals surface area contributed by atoms with Crippen molar-refractivity contribution in [3.05, 3.63) is 65.2 Å². The molecule has 21 heavy (non-hydrogen) atoms. The fourth-order valence-electron chi connectivity index (χ4n) is 2.95. The first kappa shape index (κ1) is 15.9. The van der Waals surface area contributed by atoms with Gasteiger partial charge >= 0.3 is 0 Å². The van der Waals surface area contributed by atoms with E-state index in [1.54, 1.807) is 0 Å². The first-order valence-electron chi connectivity index (χ1n) is 7.42. The number of hydrogen-bond donors (Lipinski definition) is 0. The highest BCUT2D eigenvalue weighted by Gasteiger charge is 2.18. The molecule has 0 saturated carbocycles. The molecule has 0 saturated heterocycles. The van der Waals surface area contributed by atoms with E-state index in [9.17, 15) is 0 Å². The third kappa shape index (κ3) is 3.79. The third-order valence-corrected chi connectivity index (χ3v) is 3.88. The molecular weight excluding hydrogens is 278 g/mol. The molecule has 2 aromatic rings. The van der Waals surface area contributed by atoms with Crippen LogP contribution < -0.4 is 4.90 Å². The van der Waals surface area contributed by atoms with E-state index in [1.165, 1.54) is 22.4 Å². The third-order valence-electron chi connectivity index (χ3n) is 3.88. The summed E-state index contributed by atoms with van der Waals surface area (Å²) >= 11 is 0. The molecule has 2 aromatic carbocycles. The number of rotatable bonds is 2. The largest absolute Gasteiger partial charge is 0.363 e. The van der Waals surface area contributed by atoms with Crippen molar-refractivity contribution in [1.82, 2.24) is 0 Å². The molecule has 0 atom stereocenters. The van der Waals surface area contributed by atoms with Gasteiger partial charge in [0.1, 0.15) is 0 Å². The summed E-state index contributed by atoms with van der Waals surface area (Å²) in [5.41, 5.74) is 6.04. The van der Waals surface area contributed by atoms with Gasteiger partial charge in [0, 0.05) is 18.8 Å². The van der Waals surface area contributed by atoms with Gasteiger partial charge in [0.15, 0.2) is 0 Å². The Hall–Kier alpha value is -1.47. The summed E-state index contributed by atoms with van der Waals surface area (Å²) in [5, 5.41) is 0. The van der Waals surface area contributed by atoms with Crippen molar-refractivity contribution in [2.75, 3.05) is 4.90 Å². The maximum absolute atomic E-state index is 2.45. The maximum atomic E-state index is 2.45. The minimum Gasteiger partial charge on any atom is -0.363 e. The molecule has 0 fully saturated rings. The molecule has 0 N–H and O–H groups in total. The molecule has 0 aliphatic carbocycles. The van der Waals surface area contributed by atoms with E-state index in [2.05, 4.69) is 74.2 Å². The molecule has 0 bridgehead atoms. The van der Waals surface area contributed by atoms with Crippen LogP contribution in [0.1, 0.15) is 37.5 Å². The quantitative estimate of drug-likeness (QED) is 0.735. The van der Waals surface area contributed by atoms with E-state index >= 15 is 0 Å². The summed E-state index contributed by atoms with van der Waals surface area (Å²) < 4.78 is 0. The van der Waals surface area contributed by atoms with Crippen molar-refractivity contribution in [2.45, 2.75) is 40.3 Å². The highest BCUT2D eigenvalue weighted by Crippen LogP contribution is 2.29. The van der Waals surface area contributed by atoms with Gasteiger partial charge in [-0.15, -0.1) is 12.4 Å². The van der Waals surface area contributed by atoms with E-state index in [1.807, 2.05) is 0 Å². The van der Waals surface area contributed by atoms with Gasteiger partial charge < -0.3 is 4.90 Å². The lowest BCUT2D eigenvalue weighted by Crippen LogP contribution is -2.14. The Morgan fingerprint density at radius 1 is 0.857 bits per heavy atom. The Labute approximate surface area is 134 Å². The fourth-order valence-corrected chi connectivity index (χ4v) is 2.95. The number of benzene rings is 2. The van der Waals surface area contributed by atoms with E-state index in [4.69, 9.17) is 0 Å². The molecule has 1 heterocycles. The highest BCUT2D eigenvalue weighted by atomic mass is 35.5. The molecule has 1 aliphatic heterocycles. The molecule has 0 aromatic heterocycles. The van der Waals surface area contributed by atoms with Gasteiger partial charge in [-0.3, -0.25) is 0 Å². The first-order valence-corrected chi connectivity index (χ1v) is 7.42. The van der Waals surface area contributed by atoms with Gasteiger partial charge in [0.05, 0.1) is 0 Å². The van der Waals surface area contributed by atoms with Gasteiger partial charge in [-0.1, -0.05) is 57.2 Å². The second-order valence-electron chi connectivity index (χ2n) is 7.03. The Kier molecular flexibility index (Phi) is 4.63. The van der Waals surface area contributed by atoms with Gasteiger partial charge in [-0.05, 0) is 40.7 Å². The molecule has 2 heteroatoms. The van der Waals surface area contributed by atoms with Crippen molar-refractivity contribution < 1.29 is 0 Å². The average Bonchev–Trinajstić information content (AvgIpc) is 2.81. The molecule has 1 nitrogen and oxygen atoms in total. The Balaban J connectivity index is 0.00000161. The molecule has 0 radical (unpaired) electrons. The fraction of sp³-hybridized carbons (Fsp3) is 0.368. The van der Waals surface area contributed by atoms with Crippen LogP contribution in [0.15, 0.2) is 48.5 Å². The van der Waals surface area contributed by atoms with Crippen LogP contribution in [0.25, 0.3) is 0 Å². The monoisotopic (exact) mass is 301 g/mol. The van der Waals surface area contributed by atoms with Crippen molar-refractivity contribution >= 4 is 18.1 Å². The Bertz CT molecular complexity index is 571. The van der Waals surface area contributed by atoms with E-state index < -0.39 is 0 Å². The first-order chi connectivity index (χ1) is 9.51. The molecule has 0 spiro atoms. The predicted octanol–water partition coefficient (Wildman–Crippen LogP) is 5.22. The van der Waals surface area contributed by atoms with Crippen LogP contribution in [0.4, 0.5) is 5.69 Å². The minimum atomic E-state index is 0. The van der Waals surface area contributed by atoms with E-state index in [-0.39, 0.29) is 12.4 Å². The summed E-state index contributed by atoms with van der Waals surface area (Å²) in [6, 6.07) is 17.9.